The minimum atomic E-state index is 0.672. The van der Waals surface area contributed by atoms with Crippen molar-refractivity contribution >= 4 is 21.6 Å². The van der Waals surface area contributed by atoms with E-state index in [1.165, 1.54) is 37.8 Å². The first kappa shape index (κ1) is 12.0. The SMILES string of the molecule is CC1CCCC(Nc2ccc(Br)cc2)CC1. The molecule has 0 saturated heterocycles. The van der Waals surface area contributed by atoms with Crippen molar-refractivity contribution in [3.63, 3.8) is 0 Å². The smallest absolute Gasteiger partial charge is 0.0343 e. The number of rotatable bonds is 2. The standard InChI is InChI=1S/C14H20BrN/c1-11-3-2-4-13(8-5-11)16-14-9-6-12(15)7-10-14/h6-7,9-11,13,16H,2-5,8H2,1H3. The van der Waals surface area contributed by atoms with E-state index >= 15 is 0 Å². The number of hydrogen-bond donors (Lipinski definition) is 1. The second-order valence-corrected chi connectivity index (χ2v) is 5.88. The lowest BCUT2D eigenvalue weighted by molar-refractivity contribution is 0.502. The minimum Gasteiger partial charge on any atom is -0.382 e. The number of halogens is 1. The van der Waals surface area contributed by atoms with E-state index in [0.717, 1.165) is 10.4 Å². The predicted octanol–water partition coefficient (Wildman–Crippen LogP) is 4.83. The summed E-state index contributed by atoms with van der Waals surface area (Å²) in [5, 5.41) is 3.65. The fourth-order valence-electron chi connectivity index (χ4n) is 2.41. The van der Waals surface area contributed by atoms with Crippen molar-refractivity contribution < 1.29 is 0 Å². The van der Waals surface area contributed by atoms with Crippen LogP contribution in [0.15, 0.2) is 28.7 Å². The maximum absolute atomic E-state index is 3.65. The van der Waals surface area contributed by atoms with Gasteiger partial charge in [0.25, 0.3) is 0 Å². The van der Waals surface area contributed by atoms with Gasteiger partial charge in [-0.3, -0.25) is 0 Å². The third-order valence-corrected chi connectivity index (χ3v) is 4.00. The predicted molar refractivity (Wildman–Crippen MR) is 73.8 cm³/mol. The maximum Gasteiger partial charge on any atom is 0.0343 e. The van der Waals surface area contributed by atoms with Crippen molar-refractivity contribution in [3.8, 4) is 0 Å². The lowest BCUT2D eigenvalue weighted by Gasteiger charge is -2.17. The molecule has 1 aromatic rings. The number of hydrogen-bond acceptors (Lipinski definition) is 1. The summed E-state index contributed by atoms with van der Waals surface area (Å²) in [6, 6.07) is 9.17. The van der Waals surface area contributed by atoms with Gasteiger partial charge in [0, 0.05) is 16.2 Å². The molecule has 1 aromatic carbocycles. The van der Waals surface area contributed by atoms with Gasteiger partial charge in [0.1, 0.15) is 0 Å². The summed E-state index contributed by atoms with van der Waals surface area (Å²) in [6.45, 7) is 2.38. The Labute approximate surface area is 107 Å². The molecule has 0 heterocycles. The molecule has 1 aliphatic rings. The van der Waals surface area contributed by atoms with Gasteiger partial charge >= 0.3 is 0 Å². The van der Waals surface area contributed by atoms with Crippen LogP contribution in [-0.4, -0.2) is 6.04 Å². The number of nitrogens with one attached hydrogen (secondary N) is 1. The maximum atomic E-state index is 3.65. The lowest BCUT2D eigenvalue weighted by atomic mass is 10.0. The number of benzene rings is 1. The fraction of sp³-hybridized carbons (Fsp3) is 0.571. The number of anilines is 1. The molecule has 1 N–H and O–H groups in total. The van der Waals surface area contributed by atoms with Crippen LogP contribution in [0.4, 0.5) is 5.69 Å². The highest BCUT2D eigenvalue weighted by Crippen LogP contribution is 2.25. The molecule has 0 aromatic heterocycles. The second-order valence-electron chi connectivity index (χ2n) is 4.96. The van der Waals surface area contributed by atoms with Crippen molar-refractivity contribution in [2.75, 3.05) is 5.32 Å². The summed E-state index contributed by atoms with van der Waals surface area (Å²) in [5.41, 5.74) is 1.25. The topological polar surface area (TPSA) is 12.0 Å². The van der Waals surface area contributed by atoms with Crippen LogP contribution in [0, 0.1) is 5.92 Å². The van der Waals surface area contributed by atoms with Gasteiger partial charge in [0.2, 0.25) is 0 Å². The summed E-state index contributed by atoms with van der Waals surface area (Å²) < 4.78 is 1.15. The van der Waals surface area contributed by atoms with Gasteiger partial charge in [0.05, 0.1) is 0 Å². The third-order valence-electron chi connectivity index (χ3n) is 3.47. The van der Waals surface area contributed by atoms with Crippen molar-refractivity contribution in [2.45, 2.75) is 45.1 Å². The van der Waals surface area contributed by atoms with Gasteiger partial charge in [-0.1, -0.05) is 35.7 Å². The van der Waals surface area contributed by atoms with Crippen molar-refractivity contribution in [1.29, 1.82) is 0 Å². The molecule has 0 aliphatic heterocycles. The van der Waals surface area contributed by atoms with E-state index in [4.69, 9.17) is 0 Å². The summed E-state index contributed by atoms with van der Waals surface area (Å²) in [7, 11) is 0. The Hall–Kier alpha value is -0.500. The quantitative estimate of drug-likeness (QED) is 0.766. The molecule has 16 heavy (non-hydrogen) atoms. The molecule has 0 amide bonds. The first-order chi connectivity index (χ1) is 7.74. The van der Waals surface area contributed by atoms with Crippen molar-refractivity contribution in [3.05, 3.63) is 28.7 Å². The molecular weight excluding hydrogens is 262 g/mol. The summed E-state index contributed by atoms with van der Waals surface area (Å²) in [6.07, 6.45) is 6.78. The van der Waals surface area contributed by atoms with E-state index < -0.39 is 0 Å². The second kappa shape index (κ2) is 5.72. The lowest BCUT2D eigenvalue weighted by Crippen LogP contribution is -2.18. The Kier molecular flexibility index (Phi) is 4.28. The van der Waals surface area contributed by atoms with Crippen molar-refractivity contribution in [2.24, 2.45) is 5.92 Å². The summed E-state index contributed by atoms with van der Waals surface area (Å²) in [4.78, 5) is 0. The molecule has 1 nitrogen and oxygen atoms in total. The van der Waals surface area contributed by atoms with Crippen LogP contribution in [0.25, 0.3) is 0 Å². The van der Waals surface area contributed by atoms with Crippen LogP contribution in [0.2, 0.25) is 0 Å². The highest BCUT2D eigenvalue weighted by molar-refractivity contribution is 9.10. The molecule has 2 rings (SSSR count). The van der Waals surface area contributed by atoms with Gasteiger partial charge in [-0.25, -0.2) is 0 Å². The van der Waals surface area contributed by atoms with Gasteiger partial charge in [-0.15, -0.1) is 0 Å². The van der Waals surface area contributed by atoms with E-state index in [0.29, 0.717) is 6.04 Å². The molecule has 0 radical (unpaired) electrons. The molecule has 2 heteroatoms. The molecule has 0 bridgehead atoms. The van der Waals surface area contributed by atoms with Gasteiger partial charge in [0.15, 0.2) is 0 Å². The molecule has 1 saturated carbocycles. The first-order valence-corrected chi connectivity index (χ1v) is 7.05. The van der Waals surface area contributed by atoms with E-state index in [1.807, 2.05) is 0 Å². The monoisotopic (exact) mass is 281 g/mol. The average molecular weight is 282 g/mol. The summed E-state index contributed by atoms with van der Waals surface area (Å²) >= 11 is 3.46. The normalized spacial score (nSPS) is 26.1. The molecule has 1 aliphatic carbocycles. The van der Waals surface area contributed by atoms with Crippen LogP contribution in [0.1, 0.15) is 39.0 Å². The molecule has 0 spiro atoms. The van der Waals surface area contributed by atoms with Gasteiger partial charge < -0.3 is 5.32 Å². The van der Waals surface area contributed by atoms with Crippen LogP contribution in [-0.2, 0) is 0 Å². The highest BCUT2D eigenvalue weighted by atomic mass is 79.9. The van der Waals surface area contributed by atoms with Crippen molar-refractivity contribution in [1.82, 2.24) is 0 Å². The molecule has 2 unspecified atom stereocenters. The molecular formula is C14H20BrN. The van der Waals surface area contributed by atoms with Crippen LogP contribution in [0.3, 0.4) is 0 Å². The van der Waals surface area contributed by atoms with Crippen LogP contribution >= 0.6 is 15.9 Å². The zero-order valence-electron chi connectivity index (χ0n) is 9.88. The average Bonchev–Trinajstić information content (AvgIpc) is 2.47. The van der Waals surface area contributed by atoms with Crippen LogP contribution < -0.4 is 5.32 Å². The zero-order chi connectivity index (χ0) is 11.4. The molecule has 1 fully saturated rings. The van der Waals surface area contributed by atoms with Gasteiger partial charge in [-0.2, -0.15) is 0 Å². The van der Waals surface area contributed by atoms with Gasteiger partial charge in [-0.05, 0) is 49.4 Å². The highest BCUT2D eigenvalue weighted by Gasteiger charge is 2.15. The Morgan fingerprint density at radius 3 is 2.56 bits per heavy atom. The third kappa shape index (κ3) is 3.51. The Balaban J connectivity index is 1.91. The van der Waals surface area contributed by atoms with E-state index in [9.17, 15) is 0 Å². The van der Waals surface area contributed by atoms with Crippen LogP contribution in [0.5, 0.6) is 0 Å². The molecule has 88 valence electrons. The van der Waals surface area contributed by atoms with E-state index in [2.05, 4.69) is 52.4 Å². The largest absolute Gasteiger partial charge is 0.382 e. The Bertz CT molecular complexity index is 320. The van der Waals surface area contributed by atoms with E-state index in [-0.39, 0.29) is 0 Å². The molecule has 2 atom stereocenters. The minimum absolute atomic E-state index is 0.672. The Morgan fingerprint density at radius 2 is 1.81 bits per heavy atom. The zero-order valence-corrected chi connectivity index (χ0v) is 11.5. The Morgan fingerprint density at radius 1 is 1.06 bits per heavy atom. The fourth-order valence-corrected chi connectivity index (χ4v) is 2.68. The summed E-state index contributed by atoms with van der Waals surface area (Å²) in [5.74, 6) is 0.914. The first-order valence-electron chi connectivity index (χ1n) is 6.26. The van der Waals surface area contributed by atoms with E-state index in [1.54, 1.807) is 0 Å².